The molecule has 0 bridgehead atoms. The Morgan fingerprint density at radius 3 is 2.52 bits per heavy atom. The molecule has 6 nitrogen and oxygen atoms in total. The van der Waals surface area contributed by atoms with Gasteiger partial charge in [-0.25, -0.2) is 4.99 Å². The first kappa shape index (κ1) is 21.4. The second kappa shape index (κ2) is 11.0. The number of guanidine groups is 1. The molecule has 25 heavy (non-hydrogen) atoms. The van der Waals surface area contributed by atoms with Gasteiger partial charge < -0.3 is 10.6 Å². The van der Waals surface area contributed by atoms with E-state index < -0.39 is 0 Å². The summed E-state index contributed by atoms with van der Waals surface area (Å²) in [5.74, 6) is 0.655. The zero-order valence-corrected chi connectivity index (χ0v) is 17.5. The van der Waals surface area contributed by atoms with Gasteiger partial charge in [-0.05, 0) is 25.5 Å². The highest BCUT2D eigenvalue weighted by Crippen LogP contribution is 2.18. The van der Waals surface area contributed by atoms with E-state index >= 15 is 0 Å². The molecular formula is C17H23IN4O2S. The molecule has 2 rings (SSSR count). The number of hydrogen-bond donors (Lipinski definition) is 2. The van der Waals surface area contributed by atoms with Crippen molar-refractivity contribution in [3.05, 3.63) is 61.8 Å². The summed E-state index contributed by atoms with van der Waals surface area (Å²) in [5.41, 5.74) is 0.701. The predicted octanol–water partition coefficient (Wildman–Crippen LogP) is 4.09. The van der Waals surface area contributed by atoms with Crippen molar-refractivity contribution in [1.29, 1.82) is 0 Å². The van der Waals surface area contributed by atoms with Crippen LogP contribution in [0.5, 0.6) is 0 Å². The van der Waals surface area contributed by atoms with E-state index in [4.69, 9.17) is 0 Å². The summed E-state index contributed by atoms with van der Waals surface area (Å²) in [6.07, 6.45) is 1.04. The van der Waals surface area contributed by atoms with Crippen LogP contribution in [0.25, 0.3) is 0 Å². The Morgan fingerprint density at radius 2 is 1.88 bits per heavy atom. The second-order valence-electron chi connectivity index (χ2n) is 5.16. The number of thiophene rings is 1. The van der Waals surface area contributed by atoms with Gasteiger partial charge in [0, 0.05) is 22.4 Å². The Hall–Kier alpha value is -1.68. The van der Waals surface area contributed by atoms with Crippen LogP contribution in [-0.2, 0) is 19.5 Å². The van der Waals surface area contributed by atoms with Crippen LogP contribution in [0.2, 0.25) is 0 Å². The monoisotopic (exact) mass is 474 g/mol. The molecule has 8 heteroatoms. The molecule has 0 aliphatic heterocycles. The zero-order valence-electron chi connectivity index (χ0n) is 14.3. The first-order chi connectivity index (χ1) is 11.6. The van der Waals surface area contributed by atoms with Crippen molar-refractivity contribution < 1.29 is 4.92 Å². The van der Waals surface area contributed by atoms with E-state index in [0.29, 0.717) is 18.1 Å². The van der Waals surface area contributed by atoms with E-state index in [9.17, 15) is 10.1 Å². The van der Waals surface area contributed by atoms with Gasteiger partial charge in [-0.1, -0.05) is 25.1 Å². The highest BCUT2D eigenvalue weighted by atomic mass is 127. The predicted molar refractivity (Wildman–Crippen MR) is 114 cm³/mol. The number of aryl methyl sites for hydroxylation is 1. The fourth-order valence-electron chi connectivity index (χ4n) is 2.21. The van der Waals surface area contributed by atoms with Crippen LogP contribution in [0.1, 0.15) is 29.2 Å². The smallest absolute Gasteiger partial charge is 0.274 e. The van der Waals surface area contributed by atoms with E-state index in [2.05, 4.69) is 34.7 Å². The summed E-state index contributed by atoms with van der Waals surface area (Å²) in [6.45, 7) is 5.81. The van der Waals surface area contributed by atoms with Crippen molar-refractivity contribution in [2.75, 3.05) is 6.54 Å². The lowest BCUT2D eigenvalue weighted by Gasteiger charge is -2.10. The Kier molecular flexibility index (Phi) is 9.43. The van der Waals surface area contributed by atoms with E-state index in [1.165, 1.54) is 15.8 Å². The number of nitrogens with zero attached hydrogens (tertiary/aromatic N) is 2. The molecule has 0 radical (unpaired) electrons. The van der Waals surface area contributed by atoms with Gasteiger partial charge in [0.15, 0.2) is 5.96 Å². The van der Waals surface area contributed by atoms with Crippen LogP contribution in [0.15, 0.2) is 41.4 Å². The topological polar surface area (TPSA) is 79.6 Å². The van der Waals surface area contributed by atoms with Crippen LogP contribution in [0.3, 0.4) is 0 Å². The molecule has 2 aromatic rings. The van der Waals surface area contributed by atoms with Gasteiger partial charge in [0.05, 0.1) is 23.6 Å². The summed E-state index contributed by atoms with van der Waals surface area (Å²) >= 11 is 1.78. The molecule has 0 saturated heterocycles. The number of nitrogens with one attached hydrogen (secondary N) is 2. The standard InChI is InChI=1S/C17H22N4O2S.HI/c1-3-14-9-10-15(24-14)12-20-17(18-4-2)19-11-13-7-5-6-8-16(13)21(22)23;/h5-10H,3-4,11-12H2,1-2H3,(H2,18,19,20);1H. The van der Waals surface area contributed by atoms with Crippen molar-refractivity contribution in [2.24, 2.45) is 4.99 Å². The van der Waals surface area contributed by atoms with Crippen molar-refractivity contribution in [1.82, 2.24) is 10.6 Å². The number of para-hydroxylation sites is 1. The molecule has 0 unspecified atom stereocenters. The molecule has 1 heterocycles. The quantitative estimate of drug-likeness (QED) is 0.208. The fraction of sp³-hybridized carbons (Fsp3) is 0.353. The maximum absolute atomic E-state index is 11.1. The molecule has 0 spiro atoms. The van der Waals surface area contributed by atoms with Crippen LogP contribution in [0.4, 0.5) is 5.69 Å². The van der Waals surface area contributed by atoms with Gasteiger partial charge in [0.25, 0.3) is 5.69 Å². The van der Waals surface area contributed by atoms with Gasteiger partial charge in [0.1, 0.15) is 0 Å². The van der Waals surface area contributed by atoms with Crippen molar-refractivity contribution in [3.8, 4) is 0 Å². The van der Waals surface area contributed by atoms with E-state index in [-0.39, 0.29) is 41.1 Å². The number of rotatable bonds is 7. The second-order valence-corrected chi connectivity index (χ2v) is 6.41. The maximum Gasteiger partial charge on any atom is 0.274 e. The van der Waals surface area contributed by atoms with Crippen molar-refractivity contribution >= 4 is 47.0 Å². The van der Waals surface area contributed by atoms with Crippen LogP contribution in [-0.4, -0.2) is 17.4 Å². The summed E-state index contributed by atoms with van der Waals surface area (Å²) < 4.78 is 0. The van der Waals surface area contributed by atoms with Gasteiger partial charge in [-0.15, -0.1) is 35.3 Å². The van der Waals surface area contributed by atoms with Crippen LogP contribution in [0, 0.1) is 10.1 Å². The highest BCUT2D eigenvalue weighted by molar-refractivity contribution is 14.0. The average molecular weight is 474 g/mol. The molecule has 0 atom stereocenters. The number of nitro benzene ring substituents is 1. The van der Waals surface area contributed by atoms with Gasteiger partial charge in [-0.3, -0.25) is 10.1 Å². The number of aliphatic imine (C=N–C) groups is 1. The van der Waals surface area contributed by atoms with E-state index in [1.807, 2.05) is 6.92 Å². The maximum atomic E-state index is 11.1. The molecular weight excluding hydrogens is 451 g/mol. The molecule has 0 aliphatic carbocycles. The highest BCUT2D eigenvalue weighted by Gasteiger charge is 2.11. The minimum absolute atomic E-state index is 0. The number of nitro groups is 1. The zero-order chi connectivity index (χ0) is 17.4. The summed E-state index contributed by atoms with van der Waals surface area (Å²) in [4.78, 5) is 17.7. The average Bonchev–Trinajstić information content (AvgIpc) is 3.05. The summed E-state index contributed by atoms with van der Waals surface area (Å²) in [6, 6.07) is 10.9. The molecule has 1 aromatic carbocycles. The Morgan fingerprint density at radius 1 is 1.16 bits per heavy atom. The minimum atomic E-state index is -0.372. The third-order valence-corrected chi connectivity index (χ3v) is 4.67. The van der Waals surface area contributed by atoms with Crippen LogP contribution < -0.4 is 10.6 Å². The molecule has 0 fully saturated rings. The molecule has 0 amide bonds. The van der Waals surface area contributed by atoms with Crippen molar-refractivity contribution in [2.45, 2.75) is 33.4 Å². The first-order valence-electron chi connectivity index (χ1n) is 7.96. The van der Waals surface area contributed by atoms with Crippen molar-refractivity contribution in [3.63, 3.8) is 0 Å². The summed E-state index contributed by atoms with van der Waals surface area (Å²) in [5, 5.41) is 17.5. The largest absolute Gasteiger partial charge is 0.357 e. The normalized spacial score (nSPS) is 10.9. The van der Waals surface area contributed by atoms with Gasteiger partial charge in [0.2, 0.25) is 0 Å². The van der Waals surface area contributed by atoms with Gasteiger partial charge in [-0.2, -0.15) is 0 Å². The molecule has 1 aromatic heterocycles. The lowest BCUT2D eigenvalue weighted by molar-refractivity contribution is -0.385. The lowest BCUT2D eigenvalue weighted by atomic mass is 10.2. The first-order valence-corrected chi connectivity index (χ1v) is 8.77. The minimum Gasteiger partial charge on any atom is -0.357 e. The molecule has 2 N–H and O–H groups in total. The molecule has 0 aliphatic rings. The number of hydrogen-bond acceptors (Lipinski definition) is 4. The van der Waals surface area contributed by atoms with Gasteiger partial charge >= 0.3 is 0 Å². The Labute approximate surface area is 168 Å². The third-order valence-electron chi connectivity index (χ3n) is 3.44. The van der Waals surface area contributed by atoms with Crippen LogP contribution >= 0.6 is 35.3 Å². The fourth-order valence-corrected chi connectivity index (χ4v) is 3.10. The SMILES string of the molecule is CCNC(=NCc1ccccc1[N+](=O)[O-])NCc1ccc(CC)s1.I. The molecule has 136 valence electrons. The van der Waals surface area contributed by atoms with E-state index in [0.717, 1.165) is 13.0 Å². The molecule has 0 saturated carbocycles. The van der Waals surface area contributed by atoms with E-state index in [1.54, 1.807) is 29.5 Å². The Bertz CT molecular complexity index is 718. The third kappa shape index (κ3) is 6.62. The Balaban J connectivity index is 0.00000312. The lowest BCUT2D eigenvalue weighted by Crippen LogP contribution is -2.36. The summed E-state index contributed by atoms with van der Waals surface area (Å²) in [7, 11) is 0. The number of benzene rings is 1. The number of halogens is 1.